The Morgan fingerprint density at radius 2 is 1.77 bits per heavy atom. The number of carbonyl (C=O) groups excluding carboxylic acids is 1. The number of hydrogen-bond donors (Lipinski definition) is 1. The van der Waals surface area contributed by atoms with Crippen molar-refractivity contribution in [3.05, 3.63) is 70.0 Å². The highest BCUT2D eigenvalue weighted by molar-refractivity contribution is 9.10. The smallest absolute Gasteiger partial charge is 0.241 e. The van der Waals surface area contributed by atoms with E-state index < -0.39 is 0 Å². The van der Waals surface area contributed by atoms with Gasteiger partial charge in [-0.25, -0.2) is 9.36 Å². The van der Waals surface area contributed by atoms with Crippen LogP contribution in [-0.2, 0) is 7.05 Å². The molecule has 0 atom stereocenters. The van der Waals surface area contributed by atoms with Crippen molar-refractivity contribution in [1.82, 2.24) is 0 Å². The number of hydrogen-bond acceptors (Lipinski definition) is 2. The summed E-state index contributed by atoms with van der Waals surface area (Å²) in [6, 6.07) is 17.3. The highest BCUT2D eigenvalue weighted by atomic mass is 79.9. The molecule has 3 rings (SSSR count). The molecule has 2 aromatic carbocycles. The first kappa shape index (κ1) is 14.9. The Balaban J connectivity index is 1.85. The fourth-order valence-electron chi connectivity index (χ4n) is 2.13. The Kier molecular flexibility index (Phi) is 4.36. The molecule has 0 spiro atoms. The zero-order chi connectivity index (χ0) is 15.5. The second kappa shape index (κ2) is 6.42. The van der Waals surface area contributed by atoms with Crippen molar-refractivity contribution in [3.63, 3.8) is 0 Å². The predicted molar refractivity (Wildman–Crippen MR) is 93.0 cm³/mol. The minimum absolute atomic E-state index is 0.0968. The number of rotatable bonds is 3. The van der Waals surface area contributed by atoms with E-state index in [1.165, 1.54) is 11.3 Å². The zero-order valence-corrected chi connectivity index (χ0v) is 14.3. The monoisotopic (exact) mass is 373 g/mol. The SMILES string of the molecule is C[n+]1c(-c2ccc(Br)cc2)csc1NC(=O)c1ccccc1. The van der Waals surface area contributed by atoms with Crippen LogP contribution in [0.4, 0.5) is 5.13 Å². The lowest BCUT2D eigenvalue weighted by atomic mass is 10.2. The largest absolute Gasteiger partial charge is 0.341 e. The van der Waals surface area contributed by atoms with E-state index in [0.717, 1.165) is 20.9 Å². The van der Waals surface area contributed by atoms with Gasteiger partial charge in [0.05, 0.1) is 12.6 Å². The maximum Gasteiger partial charge on any atom is 0.341 e. The second-order valence-corrected chi connectivity index (χ2v) is 6.59. The maximum absolute atomic E-state index is 12.2. The third kappa shape index (κ3) is 3.10. The van der Waals surface area contributed by atoms with Crippen molar-refractivity contribution in [3.8, 4) is 11.3 Å². The normalized spacial score (nSPS) is 10.5. The van der Waals surface area contributed by atoms with E-state index in [4.69, 9.17) is 0 Å². The van der Waals surface area contributed by atoms with E-state index in [1.807, 2.05) is 47.3 Å². The predicted octanol–water partition coefficient (Wildman–Crippen LogP) is 4.25. The van der Waals surface area contributed by atoms with Crippen LogP contribution in [0.3, 0.4) is 0 Å². The fourth-order valence-corrected chi connectivity index (χ4v) is 3.32. The second-order valence-electron chi connectivity index (χ2n) is 4.81. The Hall–Kier alpha value is -1.98. The summed E-state index contributed by atoms with van der Waals surface area (Å²) in [6.07, 6.45) is 0. The molecule has 0 bridgehead atoms. The number of aromatic nitrogens is 1. The standard InChI is InChI=1S/C17H13BrN2OS/c1-20-15(12-7-9-14(18)10-8-12)11-22-17(20)19-16(21)13-5-3-2-4-6-13/h2-11H,1H3/p+1. The Labute approximate surface area is 141 Å². The summed E-state index contributed by atoms with van der Waals surface area (Å²) in [5.74, 6) is -0.0968. The van der Waals surface area contributed by atoms with Crippen molar-refractivity contribution >= 4 is 38.3 Å². The van der Waals surface area contributed by atoms with Crippen molar-refractivity contribution in [2.24, 2.45) is 7.05 Å². The van der Waals surface area contributed by atoms with Gasteiger partial charge in [-0.1, -0.05) is 45.5 Å². The van der Waals surface area contributed by atoms with Crippen LogP contribution in [0.25, 0.3) is 11.3 Å². The van der Waals surface area contributed by atoms with Crippen LogP contribution in [-0.4, -0.2) is 5.91 Å². The number of nitrogens with one attached hydrogen (secondary N) is 1. The molecule has 0 aliphatic heterocycles. The molecular weight excluding hydrogens is 360 g/mol. The Morgan fingerprint density at radius 1 is 1.09 bits per heavy atom. The van der Waals surface area contributed by atoms with Crippen LogP contribution in [0, 0.1) is 0 Å². The van der Waals surface area contributed by atoms with Crippen molar-refractivity contribution in [2.75, 3.05) is 5.32 Å². The molecule has 0 aliphatic rings. The van der Waals surface area contributed by atoms with Crippen LogP contribution >= 0.6 is 27.3 Å². The zero-order valence-electron chi connectivity index (χ0n) is 11.9. The maximum atomic E-state index is 12.2. The van der Waals surface area contributed by atoms with Gasteiger partial charge in [-0.2, -0.15) is 5.32 Å². The summed E-state index contributed by atoms with van der Waals surface area (Å²) >= 11 is 4.96. The number of halogens is 1. The average molecular weight is 374 g/mol. The highest BCUT2D eigenvalue weighted by Gasteiger charge is 2.19. The molecule has 22 heavy (non-hydrogen) atoms. The van der Waals surface area contributed by atoms with E-state index in [1.54, 1.807) is 12.1 Å². The summed E-state index contributed by atoms with van der Waals surface area (Å²) < 4.78 is 3.04. The topological polar surface area (TPSA) is 33.0 Å². The van der Waals surface area contributed by atoms with Gasteiger partial charge in [0.25, 0.3) is 0 Å². The molecule has 110 valence electrons. The molecule has 0 radical (unpaired) electrons. The molecule has 0 saturated carbocycles. The molecular formula is C17H14BrN2OS+. The average Bonchev–Trinajstić information content (AvgIpc) is 2.90. The lowest BCUT2D eigenvalue weighted by molar-refractivity contribution is -0.641. The van der Waals surface area contributed by atoms with Crippen LogP contribution in [0.15, 0.2) is 64.5 Å². The Morgan fingerprint density at radius 3 is 2.45 bits per heavy atom. The first-order valence-electron chi connectivity index (χ1n) is 6.75. The number of carbonyl (C=O) groups is 1. The van der Waals surface area contributed by atoms with Gasteiger partial charge in [0.1, 0.15) is 5.69 Å². The van der Waals surface area contributed by atoms with Gasteiger partial charge in [0.2, 0.25) is 0 Å². The molecule has 3 aromatic rings. The van der Waals surface area contributed by atoms with E-state index in [0.29, 0.717) is 5.56 Å². The lowest BCUT2D eigenvalue weighted by Gasteiger charge is -2.01. The van der Waals surface area contributed by atoms with Crippen LogP contribution < -0.4 is 9.88 Å². The molecule has 1 amide bonds. The van der Waals surface area contributed by atoms with Gasteiger partial charge in [0, 0.05) is 15.4 Å². The molecule has 0 aliphatic carbocycles. The van der Waals surface area contributed by atoms with Crippen molar-refractivity contribution in [2.45, 2.75) is 0 Å². The molecule has 0 fully saturated rings. The van der Waals surface area contributed by atoms with Crippen LogP contribution in [0.1, 0.15) is 10.4 Å². The number of amides is 1. The van der Waals surface area contributed by atoms with Gasteiger partial charge in [-0.05, 0) is 36.4 Å². The quantitative estimate of drug-likeness (QED) is 0.683. The minimum atomic E-state index is -0.0968. The Bertz CT molecular complexity index is 797. The summed E-state index contributed by atoms with van der Waals surface area (Å²) in [7, 11) is 1.95. The molecule has 0 saturated heterocycles. The minimum Gasteiger partial charge on any atom is -0.241 e. The summed E-state index contributed by atoms with van der Waals surface area (Å²) in [5.41, 5.74) is 2.84. The molecule has 5 heteroatoms. The van der Waals surface area contributed by atoms with E-state index >= 15 is 0 Å². The summed E-state index contributed by atoms with van der Waals surface area (Å²) in [5, 5.41) is 5.82. The molecule has 3 nitrogen and oxygen atoms in total. The van der Waals surface area contributed by atoms with Gasteiger partial charge in [0.15, 0.2) is 0 Å². The van der Waals surface area contributed by atoms with Crippen LogP contribution in [0.5, 0.6) is 0 Å². The first-order valence-corrected chi connectivity index (χ1v) is 8.42. The number of thiazole rings is 1. The molecule has 1 N–H and O–H groups in total. The summed E-state index contributed by atoms with van der Waals surface area (Å²) in [4.78, 5) is 12.2. The third-order valence-corrected chi connectivity index (χ3v) is 4.81. The first-order chi connectivity index (χ1) is 10.6. The van der Waals surface area contributed by atoms with Gasteiger partial charge >= 0.3 is 11.0 Å². The number of anilines is 1. The van der Waals surface area contributed by atoms with Gasteiger partial charge in [-0.15, -0.1) is 0 Å². The molecule has 1 heterocycles. The van der Waals surface area contributed by atoms with E-state index in [-0.39, 0.29) is 5.91 Å². The third-order valence-electron chi connectivity index (χ3n) is 3.34. The molecule has 0 unspecified atom stereocenters. The van der Waals surface area contributed by atoms with E-state index in [2.05, 4.69) is 33.4 Å². The summed E-state index contributed by atoms with van der Waals surface area (Å²) in [6.45, 7) is 0. The highest BCUT2D eigenvalue weighted by Crippen LogP contribution is 2.24. The van der Waals surface area contributed by atoms with Gasteiger partial charge < -0.3 is 0 Å². The number of benzene rings is 2. The van der Waals surface area contributed by atoms with Crippen molar-refractivity contribution in [1.29, 1.82) is 0 Å². The number of nitrogens with zero attached hydrogens (tertiary/aromatic N) is 1. The van der Waals surface area contributed by atoms with E-state index in [9.17, 15) is 4.79 Å². The fraction of sp³-hybridized carbons (Fsp3) is 0.0588. The van der Waals surface area contributed by atoms with Crippen molar-refractivity contribution < 1.29 is 9.36 Å². The van der Waals surface area contributed by atoms with Crippen LogP contribution in [0.2, 0.25) is 0 Å². The van der Waals surface area contributed by atoms with Gasteiger partial charge in [-0.3, -0.25) is 0 Å². The lowest BCUT2D eigenvalue weighted by Crippen LogP contribution is -2.33. The molecule has 1 aromatic heterocycles.